The number of allylic oxidation sites excluding steroid dienone is 2. The predicted octanol–water partition coefficient (Wildman–Crippen LogP) is 4.64. The summed E-state index contributed by atoms with van der Waals surface area (Å²) in [7, 11) is -3.30. The lowest BCUT2D eigenvalue weighted by Gasteiger charge is -2.09. The number of benzene rings is 1. The molecule has 0 bridgehead atoms. The lowest BCUT2D eigenvalue weighted by atomic mass is 10.2. The van der Waals surface area contributed by atoms with Crippen LogP contribution in [-0.4, -0.2) is 8.42 Å². The first kappa shape index (κ1) is 16.0. The minimum Gasteiger partial charge on any atom is -0.219 e. The van der Waals surface area contributed by atoms with Crippen molar-refractivity contribution in [2.75, 3.05) is 0 Å². The number of aryl methyl sites for hydroxylation is 1. The Labute approximate surface area is 117 Å². The first-order valence-electron chi connectivity index (χ1n) is 7.03. The normalized spacial score (nSPS) is 12.7. The smallest absolute Gasteiger partial charge is 0.202 e. The summed E-state index contributed by atoms with van der Waals surface area (Å²) in [6, 6.07) is 7.11. The van der Waals surface area contributed by atoms with Crippen molar-refractivity contribution in [1.29, 1.82) is 0 Å². The molecule has 0 unspecified atom stereocenters. The molecule has 0 saturated heterocycles. The first-order valence-corrected chi connectivity index (χ1v) is 8.51. The number of rotatable bonds is 7. The molecular formula is C16H24O2S. The van der Waals surface area contributed by atoms with Crippen LogP contribution in [0.4, 0.5) is 0 Å². The molecule has 0 N–H and O–H groups in total. The molecule has 1 aromatic rings. The van der Waals surface area contributed by atoms with Crippen molar-refractivity contribution in [2.24, 2.45) is 0 Å². The van der Waals surface area contributed by atoms with Gasteiger partial charge in [-0.1, -0.05) is 50.5 Å². The van der Waals surface area contributed by atoms with Crippen LogP contribution < -0.4 is 0 Å². The van der Waals surface area contributed by atoms with Crippen molar-refractivity contribution < 1.29 is 8.42 Å². The molecule has 0 fully saturated rings. The van der Waals surface area contributed by atoms with E-state index in [-0.39, 0.29) is 0 Å². The van der Waals surface area contributed by atoms with Gasteiger partial charge in [-0.05, 0) is 38.3 Å². The van der Waals surface area contributed by atoms with Crippen LogP contribution in [-0.2, 0) is 9.84 Å². The van der Waals surface area contributed by atoms with Crippen molar-refractivity contribution in [3.05, 3.63) is 40.8 Å². The molecular weight excluding hydrogens is 256 g/mol. The maximum Gasteiger partial charge on any atom is 0.202 e. The quantitative estimate of drug-likeness (QED) is 0.729. The zero-order valence-corrected chi connectivity index (χ0v) is 13.0. The van der Waals surface area contributed by atoms with E-state index < -0.39 is 9.84 Å². The standard InChI is InChI=1S/C16H24O2S/c1-4-6-8-15(9-7-5-2)19(17,18)16-12-10-14(3)11-13-16/h8,10-13H,4-7,9H2,1-3H3/b15-8-. The number of hydrogen-bond acceptors (Lipinski definition) is 2. The third-order valence-corrected chi connectivity index (χ3v) is 5.07. The summed E-state index contributed by atoms with van der Waals surface area (Å²) < 4.78 is 25.2. The monoisotopic (exact) mass is 280 g/mol. The second-order valence-electron chi connectivity index (χ2n) is 4.88. The Kier molecular flexibility index (Phi) is 6.29. The molecule has 0 aliphatic carbocycles. The van der Waals surface area contributed by atoms with Gasteiger partial charge < -0.3 is 0 Å². The van der Waals surface area contributed by atoms with Crippen LogP contribution in [0.25, 0.3) is 0 Å². The van der Waals surface area contributed by atoms with Crippen LogP contribution in [0, 0.1) is 6.92 Å². The fraction of sp³-hybridized carbons (Fsp3) is 0.500. The van der Waals surface area contributed by atoms with Crippen LogP contribution in [0.5, 0.6) is 0 Å². The van der Waals surface area contributed by atoms with Gasteiger partial charge in [-0.15, -0.1) is 0 Å². The van der Waals surface area contributed by atoms with Crippen molar-refractivity contribution in [3.8, 4) is 0 Å². The fourth-order valence-electron chi connectivity index (χ4n) is 1.87. The van der Waals surface area contributed by atoms with Gasteiger partial charge in [0, 0.05) is 4.91 Å². The van der Waals surface area contributed by atoms with E-state index >= 15 is 0 Å². The van der Waals surface area contributed by atoms with E-state index in [0.29, 0.717) is 16.2 Å². The Morgan fingerprint density at radius 3 is 2.26 bits per heavy atom. The highest BCUT2D eigenvalue weighted by atomic mass is 32.2. The fourth-order valence-corrected chi connectivity index (χ4v) is 3.42. The molecule has 3 heteroatoms. The SMILES string of the molecule is CCC/C=C(/CCCC)S(=O)(=O)c1ccc(C)cc1. The topological polar surface area (TPSA) is 34.1 Å². The molecule has 0 radical (unpaired) electrons. The van der Waals surface area contributed by atoms with Gasteiger partial charge in [0.2, 0.25) is 9.84 Å². The van der Waals surface area contributed by atoms with E-state index in [1.54, 1.807) is 12.1 Å². The van der Waals surface area contributed by atoms with Gasteiger partial charge in [-0.3, -0.25) is 0 Å². The Morgan fingerprint density at radius 1 is 1.11 bits per heavy atom. The third kappa shape index (κ3) is 4.50. The average molecular weight is 280 g/mol. The number of unbranched alkanes of at least 4 members (excludes halogenated alkanes) is 2. The molecule has 0 aliphatic heterocycles. The second kappa shape index (κ2) is 7.49. The molecule has 1 rings (SSSR count). The Morgan fingerprint density at radius 2 is 1.74 bits per heavy atom. The maximum atomic E-state index is 12.6. The highest BCUT2D eigenvalue weighted by molar-refractivity contribution is 7.95. The summed E-state index contributed by atoms with van der Waals surface area (Å²) in [5.41, 5.74) is 1.08. The lowest BCUT2D eigenvalue weighted by molar-refractivity contribution is 0.598. The van der Waals surface area contributed by atoms with Crippen molar-refractivity contribution in [1.82, 2.24) is 0 Å². The van der Waals surface area contributed by atoms with E-state index in [9.17, 15) is 8.42 Å². The van der Waals surface area contributed by atoms with Crippen LogP contribution in [0.2, 0.25) is 0 Å². The van der Waals surface area contributed by atoms with Crippen molar-refractivity contribution >= 4 is 9.84 Å². The molecule has 0 amide bonds. The molecule has 0 atom stereocenters. The van der Waals surface area contributed by atoms with Crippen LogP contribution >= 0.6 is 0 Å². The van der Waals surface area contributed by atoms with Gasteiger partial charge in [0.25, 0.3) is 0 Å². The average Bonchev–Trinajstić information content (AvgIpc) is 2.39. The summed E-state index contributed by atoms with van der Waals surface area (Å²) in [5.74, 6) is 0. The summed E-state index contributed by atoms with van der Waals surface area (Å²) >= 11 is 0. The summed E-state index contributed by atoms with van der Waals surface area (Å²) in [5, 5.41) is 0. The van der Waals surface area contributed by atoms with Crippen LogP contribution in [0.3, 0.4) is 0 Å². The molecule has 0 aromatic heterocycles. The van der Waals surface area contributed by atoms with E-state index in [4.69, 9.17) is 0 Å². The van der Waals surface area contributed by atoms with E-state index in [2.05, 4.69) is 13.8 Å². The molecule has 0 spiro atoms. The highest BCUT2D eigenvalue weighted by Crippen LogP contribution is 2.24. The zero-order chi connectivity index (χ0) is 14.3. The number of sulfone groups is 1. The molecule has 2 nitrogen and oxygen atoms in total. The van der Waals surface area contributed by atoms with Gasteiger partial charge >= 0.3 is 0 Å². The molecule has 106 valence electrons. The van der Waals surface area contributed by atoms with E-state index in [1.165, 1.54) is 0 Å². The largest absolute Gasteiger partial charge is 0.219 e. The third-order valence-electron chi connectivity index (χ3n) is 3.11. The van der Waals surface area contributed by atoms with Crippen LogP contribution in [0.1, 0.15) is 51.5 Å². The first-order chi connectivity index (χ1) is 9.02. The van der Waals surface area contributed by atoms with Gasteiger partial charge in [-0.2, -0.15) is 0 Å². The van der Waals surface area contributed by atoms with Gasteiger partial charge in [0.15, 0.2) is 0 Å². The van der Waals surface area contributed by atoms with E-state index in [1.807, 2.05) is 25.1 Å². The lowest BCUT2D eigenvalue weighted by Crippen LogP contribution is -2.05. The Hall–Kier alpha value is -1.09. The molecule has 0 heterocycles. The minimum atomic E-state index is -3.30. The summed E-state index contributed by atoms with van der Waals surface area (Å²) in [4.78, 5) is 0.997. The molecule has 0 aliphatic rings. The zero-order valence-electron chi connectivity index (χ0n) is 12.1. The van der Waals surface area contributed by atoms with Gasteiger partial charge in [0.1, 0.15) is 0 Å². The molecule has 0 saturated carbocycles. The predicted molar refractivity (Wildman–Crippen MR) is 80.9 cm³/mol. The molecule has 1 aromatic carbocycles. The second-order valence-corrected chi connectivity index (χ2v) is 6.88. The summed E-state index contributed by atoms with van der Waals surface area (Å²) in [6.45, 7) is 6.10. The highest BCUT2D eigenvalue weighted by Gasteiger charge is 2.19. The summed E-state index contributed by atoms with van der Waals surface area (Å²) in [6.07, 6.45) is 6.26. The van der Waals surface area contributed by atoms with Crippen molar-refractivity contribution in [3.63, 3.8) is 0 Å². The van der Waals surface area contributed by atoms with Gasteiger partial charge in [-0.25, -0.2) is 8.42 Å². The van der Waals surface area contributed by atoms with Gasteiger partial charge in [0.05, 0.1) is 4.90 Å². The van der Waals surface area contributed by atoms with E-state index in [0.717, 1.165) is 31.2 Å². The Bertz CT molecular complexity index is 510. The Balaban J connectivity index is 3.08. The van der Waals surface area contributed by atoms with Crippen LogP contribution in [0.15, 0.2) is 40.1 Å². The van der Waals surface area contributed by atoms with Crippen molar-refractivity contribution in [2.45, 2.75) is 57.8 Å². The number of hydrogen-bond donors (Lipinski definition) is 0. The minimum absolute atomic E-state index is 0.413. The molecule has 19 heavy (non-hydrogen) atoms. The maximum absolute atomic E-state index is 12.6.